The summed E-state index contributed by atoms with van der Waals surface area (Å²) in [7, 11) is 0. The maximum absolute atomic E-state index is 11.3. The van der Waals surface area contributed by atoms with Gasteiger partial charge in [-0.15, -0.1) is 23.1 Å². The molecule has 6 heteroatoms. The van der Waals surface area contributed by atoms with Crippen LogP contribution < -0.4 is 16.4 Å². The van der Waals surface area contributed by atoms with E-state index in [4.69, 9.17) is 11.5 Å². The van der Waals surface area contributed by atoms with Crippen LogP contribution in [0.5, 0.6) is 0 Å². The fourth-order valence-electron chi connectivity index (χ4n) is 2.10. The Morgan fingerprint density at radius 1 is 1.35 bits per heavy atom. The standard InChI is InChI=1S/C11H17N3OS2/c1-16-9-7(12)8(10(13)15)17-11(9)14-5-3-2-4-6-14/h2-6,12H2,1H3,(H2,13,15). The van der Waals surface area contributed by atoms with Crippen molar-refractivity contribution in [3.05, 3.63) is 4.88 Å². The number of hydrogen-bond acceptors (Lipinski definition) is 5. The van der Waals surface area contributed by atoms with Crippen molar-refractivity contribution in [1.29, 1.82) is 0 Å². The van der Waals surface area contributed by atoms with Gasteiger partial charge in [0.05, 0.1) is 10.6 Å². The summed E-state index contributed by atoms with van der Waals surface area (Å²) in [5.41, 5.74) is 11.9. The second-order valence-corrected chi connectivity index (χ2v) is 5.91. The third-order valence-electron chi connectivity index (χ3n) is 2.95. The first kappa shape index (κ1) is 12.6. The Bertz CT molecular complexity index is 425. The van der Waals surface area contributed by atoms with Crippen LogP contribution in [-0.4, -0.2) is 25.3 Å². The zero-order valence-electron chi connectivity index (χ0n) is 9.86. The van der Waals surface area contributed by atoms with Crippen LogP contribution in [0, 0.1) is 0 Å². The fourth-order valence-corrected chi connectivity index (χ4v) is 4.19. The van der Waals surface area contributed by atoms with E-state index in [0.29, 0.717) is 10.6 Å². The van der Waals surface area contributed by atoms with Gasteiger partial charge < -0.3 is 16.4 Å². The van der Waals surface area contributed by atoms with Gasteiger partial charge in [-0.05, 0) is 25.5 Å². The van der Waals surface area contributed by atoms with Gasteiger partial charge in [0.15, 0.2) is 0 Å². The number of carbonyl (C=O) groups is 1. The van der Waals surface area contributed by atoms with Gasteiger partial charge >= 0.3 is 0 Å². The van der Waals surface area contributed by atoms with Crippen LogP contribution >= 0.6 is 23.1 Å². The molecule has 1 aromatic heterocycles. The molecule has 4 N–H and O–H groups in total. The van der Waals surface area contributed by atoms with Gasteiger partial charge in [-0.25, -0.2) is 0 Å². The van der Waals surface area contributed by atoms with E-state index in [0.717, 1.165) is 23.0 Å². The third kappa shape index (κ3) is 2.37. The van der Waals surface area contributed by atoms with E-state index in [9.17, 15) is 4.79 Å². The lowest BCUT2D eigenvalue weighted by Gasteiger charge is -2.28. The van der Waals surface area contributed by atoms with Gasteiger partial charge in [-0.3, -0.25) is 4.79 Å². The molecule has 1 amide bonds. The molecule has 1 saturated heterocycles. The number of amides is 1. The summed E-state index contributed by atoms with van der Waals surface area (Å²) in [6.07, 6.45) is 5.68. The molecule has 1 aromatic rings. The minimum absolute atomic E-state index is 0.425. The number of nitrogen functional groups attached to an aromatic ring is 1. The van der Waals surface area contributed by atoms with Crippen molar-refractivity contribution in [2.75, 3.05) is 30.0 Å². The Labute approximate surface area is 109 Å². The van der Waals surface area contributed by atoms with Crippen molar-refractivity contribution in [3.63, 3.8) is 0 Å². The van der Waals surface area contributed by atoms with Crippen molar-refractivity contribution >= 4 is 39.7 Å². The Morgan fingerprint density at radius 2 is 2.00 bits per heavy atom. The predicted molar refractivity (Wildman–Crippen MR) is 75.1 cm³/mol. The minimum Gasteiger partial charge on any atom is -0.396 e. The smallest absolute Gasteiger partial charge is 0.261 e. The topological polar surface area (TPSA) is 72.3 Å². The summed E-state index contributed by atoms with van der Waals surface area (Å²) in [6, 6.07) is 0. The van der Waals surface area contributed by atoms with E-state index in [2.05, 4.69) is 4.90 Å². The van der Waals surface area contributed by atoms with Crippen LogP contribution in [0.15, 0.2) is 4.90 Å². The molecule has 2 heterocycles. The van der Waals surface area contributed by atoms with Crippen molar-refractivity contribution in [1.82, 2.24) is 0 Å². The van der Waals surface area contributed by atoms with Gasteiger partial charge in [0.25, 0.3) is 5.91 Å². The zero-order chi connectivity index (χ0) is 12.4. The van der Waals surface area contributed by atoms with Crippen LogP contribution in [0.1, 0.15) is 28.9 Å². The number of thiophene rings is 1. The summed E-state index contributed by atoms with van der Waals surface area (Å²) in [6.45, 7) is 2.09. The lowest BCUT2D eigenvalue weighted by Crippen LogP contribution is -2.28. The molecule has 94 valence electrons. The van der Waals surface area contributed by atoms with Crippen LogP contribution in [-0.2, 0) is 0 Å². The highest BCUT2D eigenvalue weighted by Crippen LogP contribution is 2.44. The molecule has 0 bridgehead atoms. The minimum atomic E-state index is -0.425. The Kier molecular flexibility index (Phi) is 3.83. The summed E-state index contributed by atoms with van der Waals surface area (Å²) >= 11 is 3.02. The van der Waals surface area contributed by atoms with Gasteiger partial charge in [-0.2, -0.15) is 0 Å². The molecule has 2 rings (SSSR count). The van der Waals surface area contributed by atoms with Crippen LogP contribution in [0.3, 0.4) is 0 Å². The van der Waals surface area contributed by atoms with E-state index in [1.54, 1.807) is 11.8 Å². The Hall–Kier alpha value is -0.880. The summed E-state index contributed by atoms with van der Waals surface area (Å²) in [4.78, 5) is 15.1. The Morgan fingerprint density at radius 3 is 2.53 bits per heavy atom. The SMILES string of the molecule is CSc1c(N2CCCCC2)sc(C(N)=O)c1N. The van der Waals surface area contributed by atoms with E-state index >= 15 is 0 Å². The molecule has 17 heavy (non-hydrogen) atoms. The highest BCUT2D eigenvalue weighted by Gasteiger charge is 2.23. The number of carbonyl (C=O) groups excluding carboxylic acids is 1. The first-order valence-electron chi connectivity index (χ1n) is 5.66. The molecular formula is C11H17N3OS2. The van der Waals surface area contributed by atoms with Gasteiger partial charge in [0.2, 0.25) is 0 Å². The van der Waals surface area contributed by atoms with Gasteiger partial charge in [-0.1, -0.05) is 0 Å². The first-order chi connectivity index (χ1) is 8.15. The van der Waals surface area contributed by atoms with Crippen molar-refractivity contribution in [3.8, 4) is 0 Å². The van der Waals surface area contributed by atoms with E-state index in [1.165, 1.54) is 30.6 Å². The highest BCUT2D eigenvalue weighted by molar-refractivity contribution is 7.99. The average molecular weight is 271 g/mol. The third-order valence-corrected chi connectivity index (χ3v) is 5.19. The van der Waals surface area contributed by atoms with Crippen LogP contribution in [0.2, 0.25) is 0 Å². The number of anilines is 2. The summed E-state index contributed by atoms with van der Waals surface area (Å²) < 4.78 is 0. The van der Waals surface area contributed by atoms with Crippen LogP contribution in [0.25, 0.3) is 0 Å². The summed E-state index contributed by atoms with van der Waals surface area (Å²) in [5, 5.41) is 1.11. The van der Waals surface area contributed by atoms with Crippen molar-refractivity contribution in [2.24, 2.45) is 5.73 Å². The molecule has 1 fully saturated rings. The number of piperidine rings is 1. The fraction of sp³-hybridized carbons (Fsp3) is 0.545. The lowest BCUT2D eigenvalue weighted by atomic mass is 10.1. The van der Waals surface area contributed by atoms with Gasteiger partial charge in [0.1, 0.15) is 9.88 Å². The largest absolute Gasteiger partial charge is 0.396 e. The van der Waals surface area contributed by atoms with E-state index in [1.807, 2.05) is 6.26 Å². The molecule has 1 aliphatic heterocycles. The Balaban J connectivity index is 2.38. The predicted octanol–water partition coefficient (Wildman–Crippen LogP) is 2.14. The number of thioether (sulfide) groups is 1. The maximum Gasteiger partial charge on any atom is 0.261 e. The lowest BCUT2D eigenvalue weighted by molar-refractivity contribution is 0.100. The normalized spacial score (nSPS) is 16.2. The molecule has 0 atom stereocenters. The van der Waals surface area contributed by atoms with Crippen molar-refractivity contribution in [2.45, 2.75) is 24.2 Å². The highest BCUT2D eigenvalue weighted by atomic mass is 32.2. The molecule has 0 radical (unpaired) electrons. The number of hydrogen-bond donors (Lipinski definition) is 2. The first-order valence-corrected chi connectivity index (χ1v) is 7.70. The molecule has 0 aliphatic carbocycles. The molecule has 0 saturated carbocycles. The second kappa shape index (κ2) is 5.18. The molecule has 0 unspecified atom stereocenters. The quantitative estimate of drug-likeness (QED) is 0.826. The van der Waals surface area contributed by atoms with Crippen molar-refractivity contribution < 1.29 is 4.79 Å². The van der Waals surface area contributed by atoms with Gasteiger partial charge in [0, 0.05) is 13.1 Å². The average Bonchev–Trinajstić information content (AvgIpc) is 2.67. The number of primary amides is 1. The molecule has 4 nitrogen and oxygen atoms in total. The number of nitrogens with zero attached hydrogens (tertiary/aromatic N) is 1. The second-order valence-electron chi connectivity index (χ2n) is 4.10. The number of rotatable bonds is 3. The molecule has 1 aliphatic rings. The molecule has 0 aromatic carbocycles. The summed E-state index contributed by atoms with van der Waals surface area (Å²) in [5.74, 6) is -0.425. The van der Waals surface area contributed by atoms with E-state index in [-0.39, 0.29) is 0 Å². The molecule has 0 spiro atoms. The van der Waals surface area contributed by atoms with Crippen LogP contribution in [0.4, 0.5) is 10.7 Å². The van der Waals surface area contributed by atoms with E-state index < -0.39 is 5.91 Å². The maximum atomic E-state index is 11.3. The molecular weight excluding hydrogens is 254 g/mol. The number of nitrogens with two attached hydrogens (primary N) is 2. The monoisotopic (exact) mass is 271 g/mol. The zero-order valence-corrected chi connectivity index (χ0v) is 11.5.